The summed E-state index contributed by atoms with van der Waals surface area (Å²) in [6, 6.07) is 7.52. The molecular weight excluding hydrogens is 286 g/mol. The van der Waals surface area contributed by atoms with Crippen LogP contribution in [-0.2, 0) is 4.74 Å². The van der Waals surface area contributed by atoms with Gasteiger partial charge in [-0.3, -0.25) is 0 Å². The first-order valence-electron chi connectivity index (χ1n) is 9.29. The lowest BCUT2D eigenvalue weighted by Gasteiger charge is -2.07. The molecule has 1 aromatic rings. The van der Waals surface area contributed by atoms with E-state index in [1.807, 2.05) is 31.2 Å². The van der Waals surface area contributed by atoms with Crippen molar-refractivity contribution in [3.63, 3.8) is 0 Å². The molecule has 0 unspecified atom stereocenters. The van der Waals surface area contributed by atoms with Crippen molar-refractivity contribution >= 4 is 11.7 Å². The molecule has 0 aromatic heterocycles. The van der Waals surface area contributed by atoms with Crippen LogP contribution in [0, 0.1) is 0 Å². The van der Waals surface area contributed by atoms with Crippen LogP contribution in [0.2, 0.25) is 0 Å². The summed E-state index contributed by atoms with van der Waals surface area (Å²) in [5, 5.41) is 3.41. The summed E-state index contributed by atoms with van der Waals surface area (Å²) >= 11 is 0. The number of ether oxygens (including phenoxy) is 1. The van der Waals surface area contributed by atoms with Gasteiger partial charge in [0.15, 0.2) is 0 Å². The molecule has 1 N–H and O–H groups in total. The van der Waals surface area contributed by atoms with E-state index in [1.165, 1.54) is 57.8 Å². The Morgan fingerprint density at radius 1 is 0.870 bits per heavy atom. The van der Waals surface area contributed by atoms with E-state index in [-0.39, 0.29) is 5.97 Å². The van der Waals surface area contributed by atoms with Gasteiger partial charge in [-0.05, 0) is 37.6 Å². The van der Waals surface area contributed by atoms with Gasteiger partial charge in [0.2, 0.25) is 0 Å². The van der Waals surface area contributed by atoms with Crippen LogP contribution in [0.1, 0.15) is 82.0 Å². The number of rotatable bonds is 13. The Morgan fingerprint density at radius 2 is 1.43 bits per heavy atom. The van der Waals surface area contributed by atoms with Gasteiger partial charge in [-0.15, -0.1) is 0 Å². The van der Waals surface area contributed by atoms with Crippen molar-refractivity contribution in [3.05, 3.63) is 29.8 Å². The molecule has 3 heteroatoms. The van der Waals surface area contributed by atoms with Crippen molar-refractivity contribution in [2.75, 3.05) is 18.5 Å². The highest BCUT2D eigenvalue weighted by atomic mass is 16.5. The third-order valence-electron chi connectivity index (χ3n) is 4.01. The average Bonchev–Trinajstić information content (AvgIpc) is 2.57. The summed E-state index contributed by atoms with van der Waals surface area (Å²) in [4.78, 5) is 11.6. The van der Waals surface area contributed by atoms with E-state index in [1.54, 1.807) is 0 Å². The van der Waals surface area contributed by atoms with Crippen LogP contribution in [0.25, 0.3) is 0 Å². The van der Waals surface area contributed by atoms with Crippen LogP contribution in [-0.4, -0.2) is 19.1 Å². The molecule has 0 bridgehead atoms. The molecule has 0 aliphatic rings. The number of esters is 1. The molecule has 0 saturated carbocycles. The standard InChI is InChI=1S/C20H33NO2/c1-3-5-6-7-8-9-10-11-12-17-21-19-15-13-18(14-16-19)20(22)23-4-2/h13-16,21H,3-12,17H2,1-2H3. The van der Waals surface area contributed by atoms with E-state index in [4.69, 9.17) is 4.74 Å². The monoisotopic (exact) mass is 319 g/mol. The van der Waals surface area contributed by atoms with Gasteiger partial charge in [-0.2, -0.15) is 0 Å². The third-order valence-corrected chi connectivity index (χ3v) is 4.01. The Morgan fingerprint density at radius 3 is 2.00 bits per heavy atom. The SMILES string of the molecule is CCCCCCCCCCCNc1ccc(C(=O)OCC)cc1. The van der Waals surface area contributed by atoms with Gasteiger partial charge >= 0.3 is 5.97 Å². The zero-order valence-corrected chi connectivity index (χ0v) is 14.9. The van der Waals surface area contributed by atoms with E-state index in [0.29, 0.717) is 12.2 Å². The predicted molar refractivity (Wildman–Crippen MR) is 98.1 cm³/mol. The number of benzene rings is 1. The molecule has 23 heavy (non-hydrogen) atoms. The molecule has 0 amide bonds. The summed E-state index contributed by atoms with van der Waals surface area (Å²) in [5.41, 5.74) is 1.68. The van der Waals surface area contributed by atoms with E-state index in [0.717, 1.165) is 12.2 Å². The lowest BCUT2D eigenvalue weighted by Crippen LogP contribution is -2.05. The molecule has 130 valence electrons. The molecule has 0 spiro atoms. The number of hydrogen-bond donors (Lipinski definition) is 1. The van der Waals surface area contributed by atoms with Crippen LogP contribution in [0.5, 0.6) is 0 Å². The van der Waals surface area contributed by atoms with Crippen LogP contribution in [0.3, 0.4) is 0 Å². The molecule has 3 nitrogen and oxygen atoms in total. The molecule has 0 radical (unpaired) electrons. The Bertz CT molecular complexity index is 414. The Hall–Kier alpha value is -1.51. The molecule has 0 heterocycles. The smallest absolute Gasteiger partial charge is 0.338 e. The van der Waals surface area contributed by atoms with Gasteiger partial charge in [0, 0.05) is 12.2 Å². The molecule has 0 atom stereocenters. The summed E-state index contributed by atoms with van der Waals surface area (Å²) in [6.45, 7) is 5.49. The fourth-order valence-corrected chi connectivity index (χ4v) is 2.61. The Labute approximate surface area is 141 Å². The maximum atomic E-state index is 11.6. The van der Waals surface area contributed by atoms with Crippen molar-refractivity contribution in [3.8, 4) is 0 Å². The number of carbonyl (C=O) groups is 1. The van der Waals surface area contributed by atoms with Crippen molar-refractivity contribution in [2.45, 2.75) is 71.6 Å². The largest absolute Gasteiger partial charge is 0.462 e. The molecule has 1 aromatic carbocycles. The quantitative estimate of drug-likeness (QED) is 0.368. The zero-order valence-electron chi connectivity index (χ0n) is 14.9. The van der Waals surface area contributed by atoms with Gasteiger partial charge in [0.1, 0.15) is 0 Å². The summed E-state index contributed by atoms with van der Waals surface area (Å²) in [5.74, 6) is -0.252. The second-order valence-electron chi connectivity index (χ2n) is 6.05. The second kappa shape index (κ2) is 13.0. The maximum Gasteiger partial charge on any atom is 0.338 e. The topological polar surface area (TPSA) is 38.3 Å². The molecular formula is C20H33NO2. The zero-order chi connectivity index (χ0) is 16.8. The molecule has 0 saturated heterocycles. The second-order valence-corrected chi connectivity index (χ2v) is 6.05. The first-order valence-corrected chi connectivity index (χ1v) is 9.29. The highest BCUT2D eigenvalue weighted by Gasteiger charge is 2.05. The number of nitrogens with one attached hydrogen (secondary N) is 1. The average molecular weight is 319 g/mol. The van der Waals surface area contributed by atoms with Gasteiger partial charge in [-0.25, -0.2) is 4.79 Å². The summed E-state index contributed by atoms with van der Waals surface area (Å²) < 4.78 is 4.98. The van der Waals surface area contributed by atoms with Gasteiger partial charge in [0.25, 0.3) is 0 Å². The predicted octanol–water partition coefficient (Wildman–Crippen LogP) is 5.81. The number of anilines is 1. The van der Waals surface area contributed by atoms with E-state index in [2.05, 4.69) is 12.2 Å². The first-order chi connectivity index (χ1) is 11.3. The molecule has 0 aliphatic carbocycles. The van der Waals surface area contributed by atoms with Gasteiger partial charge in [0.05, 0.1) is 12.2 Å². The van der Waals surface area contributed by atoms with Gasteiger partial charge in [-0.1, -0.05) is 58.3 Å². The van der Waals surface area contributed by atoms with Crippen LogP contribution < -0.4 is 5.32 Å². The maximum absolute atomic E-state index is 11.6. The summed E-state index contributed by atoms with van der Waals surface area (Å²) in [6.07, 6.45) is 12.1. The fraction of sp³-hybridized carbons (Fsp3) is 0.650. The van der Waals surface area contributed by atoms with Crippen LogP contribution in [0.4, 0.5) is 5.69 Å². The molecule has 0 aliphatic heterocycles. The lowest BCUT2D eigenvalue weighted by atomic mass is 10.1. The van der Waals surface area contributed by atoms with Crippen LogP contribution in [0.15, 0.2) is 24.3 Å². The van der Waals surface area contributed by atoms with Crippen LogP contribution >= 0.6 is 0 Å². The highest BCUT2D eigenvalue weighted by molar-refractivity contribution is 5.89. The van der Waals surface area contributed by atoms with E-state index >= 15 is 0 Å². The first kappa shape index (κ1) is 19.5. The minimum atomic E-state index is -0.252. The summed E-state index contributed by atoms with van der Waals surface area (Å²) in [7, 11) is 0. The molecule has 0 fully saturated rings. The normalized spacial score (nSPS) is 10.5. The van der Waals surface area contributed by atoms with E-state index in [9.17, 15) is 4.79 Å². The minimum absolute atomic E-state index is 0.252. The molecule has 1 rings (SSSR count). The number of carbonyl (C=O) groups excluding carboxylic acids is 1. The number of unbranched alkanes of at least 4 members (excludes halogenated alkanes) is 8. The highest BCUT2D eigenvalue weighted by Crippen LogP contribution is 2.12. The van der Waals surface area contributed by atoms with Crippen molar-refractivity contribution in [1.82, 2.24) is 0 Å². The third kappa shape index (κ3) is 9.27. The van der Waals surface area contributed by atoms with E-state index < -0.39 is 0 Å². The number of hydrogen-bond acceptors (Lipinski definition) is 3. The Kier molecular flexibility index (Phi) is 11.0. The van der Waals surface area contributed by atoms with Crippen molar-refractivity contribution < 1.29 is 9.53 Å². The van der Waals surface area contributed by atoms with Crippen molar-refractivity contribution in [1.29, 1.82) is 0 Å². The fourth-order valence-electron chi connectivity index (χ4n) is 2.61. The van der Waals surface area contributed by atoms with Gasteiger partial charge < -0.3 is 10.1 Å². The van der Waals surface area contributed by atoms with Crippen molar-refractivity contribution in [2.24, 2.45) is 0 Å². The minimum Gasteiger partial charge on any atom is -0.462 e. The Balaban J connectivity index is 2.04. The lowest BCUT2D eigenvalue weighted by molar-refractivity contribution is 0.0526.